The van der Waals surface area contributed by atoms with Crippen molar-refractivity contribution in [3.8, 4) is 0 Å². The first kappa shape index (κ1) is 11.3. The summed E-state index contributed by atoms with van der Waals surface area (Å²) in [6, 6.07) is 1.74. The molecule has 0 aliphatic rings. The second-order valence-corrected chi connectivity index (χ2v) is 5.79. The number of ether oxygens (including phenoxy) is 1. The first-order valence-corrected chi connectivity index (χ1v) is 6.48. The fourth-order valence-corrected chi connectivity index (χ4v) is 3.42. The largest absolute Gasteiger partial charge is 0.459 e. The van der Waals surface area contributed by atoms with Crippen LogP contribution in [0, 0.1) is 0 Å². The quantitative estimate of drug-likeness (QED) is 0.623. The van der Waals surface area contributed by atoms with E-state index in [0.29, 0.717) is 10.4 Å². The third-order valence-electron chi connectivity index (χ3n) is 1.97. The Balaban J connectivity index is 2.40. The number of carbonyl (C=O) groups is 2. The Morgan fingerprint density at radius 1 is 1.50 bits per heavy atom. The highest BCUT2D eigenvalue weighted by molar-refractivity contribution is 7.38. The van der Waals surface area contributed by atoms with Crippen LogP contribution in [0.1, 0.15) is 33.9 Å². The molecule has 5 heteroatoms. The predicted molar refractivity (Wildman–Crippen MR) is 65.6 cm³/mol. The van der Waals surface area contributed by atoms with Crippen molar-refractivity contribution < 1.29 is 14.3 Å². The van der Waals surface area contributed by atoms with Crippen LogP contribution < -0.4 is 0 Å². The fourth-order valence-electron chi connectivity index (χ4n) is 1.34. The molecule has 0 saturated carbocycles. The molecular formula is C11H10O3S2. The van der Waals surface area contributed by atoms with E-state index in [-0.39, 0.29) is 12.1 Å². The van der Waals surface area contributed by atoms with Gasteiger partial charge in [-0.3, -0.25) is 4.79 Å². The number of esters is 1. The van der Waals surface area contributed by atoms with Gasteiger partial charge in [-0.1, -0.05) is 0 Å². The van der Waals surface area contributed by atoms with E-state index in [2.05, 4.69) is 0 Å². The molecule has 84 valence electrons. The Morgan fingerprint density at radius 2 is 2.25 bits per heavy atom. The van der Waals surface area contributed by atoms with Gasteiger partial charge in [-0.25, -0.2) is 4.79 Å². The Morgan fingerprint density at radius 3 is 2.88 bits per heavy atom. The van der Waals surface area contributed by atoms with Crippen LogP contribution in [0.25, 0.3) is 9.40 Å². The minimum absolute atomic E-state index is 0.133. The summed E-state index contributed by atoms with van der Waals surface area (Å²) in [6.07, 6.45) is 0.668. The fraction of sp³-hybridized carbons (Fsp3) is 0.273. The average Bonchev–Trinajstić information content (AvgIpc) is 2.73. The van der Waals surface area contributed by atoms with E-state index < -0.39 is 0 Å². The molecule has 0 fully saturated rings. The molecule has 16 heavy (non-hydrogen) atoms. The standard InChI is InChI=1S/C11H10O3S2/c1-6(2)14-10(13)9-5-15-11-8(9)3-7(4-12)16-11/h3-6H,1-2H3. The second kappa shape index (κ2) is 4.35. The van der Waals surface area contributed by atoms with Crippen molar-refractivity contribution in [1.82, 2.24) is 0 Å². The Bertz CT molecular complexity index is 536. The van der Waals surface area contributed by atoms with Gasteiger partial charge in [0.2, 0.25) is 0 Å². The van der Waals surface area contributed by atoms with Crippen molar-refractivity contribution >= 4 is 44.3 Å². The van der Waals surface area contributed by atoms with Gasteiger partial charge in [0, 0.05) is 10.8 Å². The van der Waals surface area contributed by atoms with Gasteiger partial charge in [-0.15, -0.1) is 22.7 Å². The molecule has 0 aliphatic carbocycles. The molecule has 3 nitrogen and oxygen atoms in total. The van der Waals surface area contributed by atoms with Crippen LogP contribution >= 0.6 is 22.7 Å². The van der Waals surface area contributed by atoms with Crippen molar-refractivity contribution in [3.05, 3.63) is 21.9 Å². The molecule has 0 spiro atoms. The van der Waals surface area contributed by atoms with Crippen LogP contribution in [-0.2, 0) is 4.74 Å². The summed E-state index contributed by atoms with van der Waals surface area (Å²) in [7, 11) is 0. The Hall–Kier alpha value is -1.20. The van der Waals surface area contributed by atoms with E-state index in [9.17, 15) is 9.59 Å². The molecule has 2 rings (SSSR count). The van der Waals surface area contributed by atoms with Crippen LogP contribution in [0.2, 0.25) is 0 Å². The number of hydrogen-bond acceptors (Lipinski definition) is 5. The summed E-state index contributed by atoms with van der Waals surface area (Å²) in [6.45, 7) is 3.62. The molecule has 0 aromatic carbocycles. The smallest absolute Gasteiger partial charge is 0.339 e. The van der Waals surface area contributed by atoms with Crippen LogP contribution in [0.4, 0.5) is 0 Å². The number of fused-ring (bicyclic) bond motifs is 1. The van der Waals surface area contributed by atoms with Gasteiger partial charge in [-0.05, 0) is 19.9 Å². The average molecular weight is 254 g/mol. The number of carbonyl (C=O) groups excluding carboxylic acids is 2. The summed E-state index contributed by atoms with van der Waals surface area (Å²) >= 11 is 2.86. The second-order valence-electron chi connectivity index (χ2n) is 3.57. The third kappa shape index (κ3) is 2.01. The van der Waals surface area contributed by atoms with E-state index in [1.165, 1.54) is 22.7 Å². The van der Waals surface area contributed by atoms with E-state index in [4.69, 9.17) is 4.74 Å². The van der Waals surface area contributed by atoms with Gasteiger partial charge in [0.05, 0.1) is 20.6 Å². The topological polar surface area (TPSA) is 43.4 Å². The molecule has 2 aromatic heterocycles. The Labute approximate surface area is 101 Å². The van der Waals surface area contributed by atoms with Crippen molar-refractivity contribution in [2.24, 2.45) is 0 Å². The van der Waals surface area contributed by atoms with Crippen LogP contribution in [-0.4, -0.2) is 18.4 Å². The lowest BCUT2D eigenvalue weighted by Gasteiger charge is -2.05. The molecule has 0 amide bonds. The van der Waals surface area contributed by atoms with Gasteiger partial charge in [0.1, 0.15) is 0 Å². The van der Waals surface area contributed by atoms with Gasteiger partial charge < -0.3 is 4.74 Å². The maximum Gasteiger partial charge on any atom is 0.339 e. The Kier molecular flexibility index (Phi) is 3.07. The molecule has 0 atom stereocenters. The highest BCUT2D eigenvalue weighted by Crippen LogP contribution is 2.33. The summed E-state index contributed by atoms with van der Waals surface area (Å²) in [5, 5.41) is 2.60. The zero-order chi connectivity index (χ0) is 11.7. The molecule has 2 heterocycles. The van der Waals surface area contributed by atoms with Gasteiger partial charge in [-0.2, -0.15) is 0 Å². The van der Waals surface area contributed by atoms with Crippen molar-refractivity contribution in [2.45, 2.75) is 20.0 Å². The summed E-state index contributed by atoms with van der Waals surface area (Å²) in [5.41, 5.74) is 0.554. The highest BCUT2D eigenvalue weighted by Gasteiger charge is 2.16. The predicted octanol–water partition coefficient (Wildman–Crippen LogP) is 3.34. The first-order valence-electron chi connectivity index (χ1n) is 4.79. The molecule has 2 aromatic rings. The lowest BCUT2D eigenvalue weighted by atomic mass is 10.2. The zero-order valence-corrected chi connectivity index (χ0v) is 10.5. The minimum Gasteiger partial charge on any atom is -0.459 e. The summed E-state index contributed by atoms with van der Waals surface area (Å²) < 4.78 is 6.11. The third-order valence-corrected chi connectivity index (χ3v) is 4.15. The maximum absolute atomic E-state index is 11.7. The first-order chi connectivity index (χ1) is 7.61. The van der Waals surface area contributed by atoms with Gasteiger partial charge in [0.25, 0.3) is 0 Å². The maximum atomic E-state index is 11.7. The van der Waals surface area contributed by atoms with Crippen molar-refractivity contribution in [2.75, 3.05) is 0 Å². The van der Waals surface area contributed by atoms with Crippen LogP contribution in [0.5, 0.6) is 0 Å². The molecule has 0 saturated heterocycles. The molecule has 0 aliphatic heterocycles. The van der Waals surface area contributed by atoms with Crippen molar-refractivity contribution in [3.63, 3.8) is 0 Å². The van der Waals surface area contributed by atoms with E-state index in [1.54, 1.807) is 11.4 Å². The van der Waals surface area contributed by atoms with Gasteiger partial charge >= 0.3 is 5.97 Å². The van der Waals surface area contributed by atoms with Gasteiger partial charge in [0.15, 0.2) is 6.29 Å². The zero-order valence-electron chi connectivity index (χ0n) is 8.85. The van der Waals surface area contributed by atoms with E-state index >= 15 is 0 Å². The lowest BCUT2D eigenvalue weighted by molar-refractivity contribution is 0.0381. The van der Waals surface area contributed by atoms with Crippen LogP contribution in [0.15, 0.2) is 11.4 Å². The van der Waals surface area contributed by atoms with E-state index in [1.807, 2.05) is 13.8 Å². The highest BCUT2D eigenvalue weighted by atomic mass is 32.2. The van der Waals surface area contributed by atoms with Crippen LogP contribution in [0.3, 0.4) is 0 Å². The van der Waals surface area contributed by atoms with Crippen molar-refractivity contribution in [1.29, 1.82) is 0 Å². The normalized spacial score (nSPS) is 10.9. The number of rotatable bonds is 3. The summed E-state index contributed by atoms with van der Waals surface area (Å²) in [4.78, 5) is 23.0. The molecular weight excluding hydrogens is 244 g/mol. The lowest BCUT2D eigenvalue weighted by Crippen LogP contribution is -2.10. The molecule has 0 radical (unpaired) electrons. The van der Waals surface area contributed by atoms with E-state index in [0.717, 1.165) is 15.7 Å². The SMILES string of the molecule is CC(C)OC(=O)c1csc2sc(C=O)cc12. The molecule has 0 unspecified atom stereocenters. The number of thiophene rings is 2. The number of hydrogen-bond donors (Lipinski definition) is 0. The summed E-state index contributed by atoms with van der Waals surface area (Å²) in [5.74, 6) is -0.323. The molecule has 0 bridgehead atoms. The minimum atomic E-state index is -0.323. The monoisotopic (exact) mass is 254 g/mol. The molecule has 0 N–H and O–H groups in total. The number of aldehydes is 1.